The minimum absolute atomic E-state index is 0.202. The molecule has 0 bridgehead atoms. The van der Waals surface area contributed by atoms with Crippen LogP contribution in [0.25, 0.3) is 0 Å². The van der Waals surface area contributed by atoms with Crippen LogP contribution < -0.4 is 4.90 Å². The average molecular weight is 466 g/mol. The van der Waals surface area contributed by atoms with Crippen molar-refractivity contribution in [2.45, 2.75) is 45.6 Å². The summed E-state index contributed by atoms with van der Waals surface area (Å²) >= 11 is 0. The monoisotopic (exact) mass is 465 g/mol. The largest absolute Gasteiger partial charge is 0.378 e. The summed E-state index contributed by atoms with van der Waals surface area (Å²) < 4.78 is 5.54. The Morgan fingerprint density at radius 3 is 2.15 bits per heavy atom. The topological polar surface area (TPSA) is 36.0 Å². The fourth-order valence-electron chi connectivity index (χ4n) is 5.03. The van der Waals surface area contributed by atoms with Gasteiger partial charge in [0.1, 0.15) is 0 Å². The van der Waals surface area contributed by atoms with Crippen LogP contribution >= 0.6 is 0 Å². The molecule has 0 aromatic heterocycles. The molecule has 1 unspecified atom stereocenters. The van der Waals surface area contributed by atoms with E-state index >= 15 is 0 Å². The predicted molar refractivity (Wildman–Crippen MR) is 142 cm³/mol. The second kappa shape index (κ2) is 12.5. The molecule has 5 nitrogen and oxygen atoms in total. The lowest BCUT2D eigenvalue weighted by Gasteiger charge is -2.39. The second-order valence-electron chi connectivity index (χ2n) is 9.50. The highest BCUT2D eigenvalue weighted by atomic mass is 16.5. The Labute approximate surface area is 206 Å². The lowest BCUT2D eigenvalue weighted by Crippen LogP contribution is -2.53. The Balaban J connectivity index is 1.83. The molecule has 1 aliphatic rings. The van der Waals surface area contributed by atoms with Crippen LogP contribution in [0, 0.1) is 0 Å². The van der Waals surface area contributed by atoms with E-state index in [2.05, 4.69) is 65.8 Å². The molecule has 0 saturated carbocycles. The molecule has 1 saturated heterocycles. The number of anilines is 1. The van der Waals surface area contributed by atoms with Crippen molar-refractivity contribution in [2.24, 2.45) is 0 Å². The van der Waals surface area contributed by atoms with Crippen LogP contribution in [-0.2, 0) is 17.6 Å². The number of para-hydroxylation sites is 1. The van der Waals surface area contributed by atoms with Gasteiger partial charge in [-0.05, 0) is 69.7 Å². The van der Waals surface area contributed by atoms with Gasteiger partial charge in [-0.25, -0.2) is 0 Å². The molecular weight excluding hydrogens is 422 g/mol. The molecular formula is C29H43N3O2. The number of nitrogens with zero attached hydrogens (tertiary/aromatic N) is 3. The number of carbonyl (C=O) groups excluding carboxylic acids is 1. The molecule has 1 heterocycles. The summed E-state index contributed by atoms with van der Waals surface area (Å²) in [6.45, 7) is 12.9. The quantitative estimate of drug-likeness (QED) is 0.430. The number of hydrogen-bond donors (Lipinski definition) is 0. The summed E-state index contributed by atoms with van der Waals surface area (Å²) in [5, 5.41) is 0. The van der Waals surface area contributed by atoms with E-state index in [4.69, 9.17) is 4.74 Å². The molecule has 34 heavy (non-hydrogen) atoms. The van der Waals surface area contributed by atoms with E-state index in [0.29, 0.717) is 19.6 Å². The number of ketones is 1. The van der Waals surface area contributed by atoms with Crippen molar-refractivity contribution in [3.05, 3.63) is 65.2 Å². The molecule has 1 aliphatic heterocycles. The van der Waals surface area contributed by atoms with Gasteiger partial charge in [0.25, 0.3) is 0 Å². The Bertz CT molecular complexity index is 902. The number of ether oxygens (including phenoxy) is 1. The Kier molecular flexibility index (Phi) is 9.69. The molecule has 0 spiro atoms. The molecule has 0 N–H and O–H groups in total. The SMILES string of the molecule is CCN(CC)CCc1ccc(CC(CC)(C(=O)c2ccccc2N2CCOCC2)N(C)C)cc1. The fourth-order valence-corrected chi connectivity index (χ4v) is 5.03. The van der Waals surface area contributed by atoms with E-state index in [1.54, 1.807) is 0 Å². The number of Topliss-reactive ketones (excluding diaryl/α,β-unsaturated/α-hetero) is 1. The van der Waals surface area contributed by atoms with Crippen molar-refractivity contribution in [1.82, 2.24) is 9.80 Å². The van der Waals surface area contributed by atoms with E-state index in [1.807, 2.05) is 32.3 Å². The summed E-state index contributed by atoms with van der Waals surface area (Å²) in [6.07, 6.45) is 2.50. The molecule has 0 amide bonds. The van der Waals surface area contributed by atoms with Gasteiger partial charge in [0, 0.05) is 30.9 Å². The van der Waals surface area contributed by atoms with Crippen molar-refractivity contribution < 1.29 is 9.53 Å². The van der Waals surface area contributed by atoms with Gasteiger partial charge in [0.15, 0.2) is 5.78 Å². The predicted octanol–water partition coefficient (Wildman–Crippen LogP) is 4.54. The van der Waals surface area contributed by atoms with Crippen LogP contribution in [0.5, 0.6) is 0 Å². The Hall–Kier alpha value is -2.21. The first-order chi connectivity index (χ1) is 16.4. The molecule has 186 valence electrons. The molecule has 1 atom stereocenters. The van der Waals surface area contributed by atoms with Gasteiger partial charge in [-0.3, -0.25) is 9.69 Å². The summed E-state index contributed by atoms with van der Waals surface area (Å²) in [7, 11) is 4.08. The molecule has 5 heteroatoms. The zero-order chi connectivity index (χ0) is 24.6. The van der Waals surface area contributed by atoms with Crippen LogP contribution in [0.4, 0.5) is 5.69 Å². The minimum Gasteiger partial charge on any atom is -0.378 e. The van der Waals surface area contributed by atoms with Crippen LogP contribution in [0.1, 0.15) is 48.7 Å². The van der Waals surface area contributed by atoms with Gasteiger partial charge in [-0.2, -0.15) is 0 Å². The van der Waals surface area contributed by atoms with Crippen molar-refractivity contribution in [3.8, 4) is 0 Å². The second-order valence-corrected chi connectivity index (χ2v) is 9.50. The first-order valence-electron chi connectivity index (χ1n) is 12.9. The van der Waals surface area contributed by atoms with E-state index in [9.17, 15) is 4.79 Å². The Morgan fingerprint density at radius 2 is 1.56 bits per heavy atom. The zero-order valence-electron chi connectivity index (χ0n) is 21.8. The third-order valence-corrected chi connectivity index (χ3v) is 7.49. The highest BCUT2D eigenvalue weighted by molar-refractivity contribution is 6.07. The molecule has 0 aliphatic carbocycles. The maximum absolute atomic E-state index is 14.2. The van der Waals surface area contributed by atoms with Crippen molar-refractivity contribution in [1.29, 1.82) is 0 Å². The molecule has 3 rings (SSSR count). The van der Waals surface area contributed by atoms with Crippen LogP contribution in [0.2, 0.25) is 0 Å². The lowest BCUT2D eigenvalue weighted by atomic mass is 9.79. The highest BCUT2D eigenvalue weighted by Gasteiger charge is 2.40. The summed E-state index contributed by atoms with van der Waals surface area (Å²) in [5.74, 6) is 0.202. The summed E-state index contributed by atoms with van der Waals surface area (Å²) in [5.41, 5.74) is 3.81. The van der Waals surface area contributed by atoms with E-state index < -0.39 is 5.54 Å². The van der Waals surface area contributed by atoms with Gasteiger partial charge < -0.3 is 14.5 Å². The smallest absolute Gasteiger partial charge is 0.185 e. The third-order valence-electron chi connectivity index (χ3n) is 7.49. The standard InChI is InChI=1S/C29H43N3O2/c1-6-29(30(4)5,23-25-15-13-24(14-16-25)17-18-31(7-2)8-3)28(33)26-11-9-10-12-27(26)32-19-21-34-22-20-32/h9-16H,6-8,17-23H2,1-5H3. The first-order valence-corrected chi connectivity index (χ1v) is 12.9. The van der Waals surface area contributed by atoms with Crippen LogP contribution in [0.3, 0.4) is 0 Å². The van der Waals surface area contributed by atoms with E-state index in [1.165, 1.54) is 11.1 Å². The van der Waals surface area contributed by atoms with Gasteiger partial charge in [-0.15, -0.1) is 0 Å². The summed E-state index contributed by atoms with van der Waals surface area (Å²) in [4.78, 5) is 21.1. The first kappa shape index (κ1) is 26.4. The molecule has 2 aromatic carbocycles. The normalized spacial score (nSPS) is 16.1. The number of hydrogen-bond acceptors (Lipinski definition) is 5. The zero-order valence-corrected chi connectivity index (χ0v) is 21.8. The molecule has 0 radical (unpaired) electrons. The van der Waals surface area contributed by atoms with E-state index in [-0.39, 0.29) is 5.78 Å². The average Bonchev–Trinajstić information content (AvgIpc) is 2.88. The number of carbonyl (C=O) groups is 1. The van der Waals surface area contributed by atoms with Crippen molar-refractivity contribution in [3.63, 3.8) is 0 Å². The Morgan fingerprint density at radius 1 is 0.941 bits per heavy atom. The molecule has 1 fully saturated rings. The van der Waals surface area contributed by atoms with Crippen molar-refractivity contribution >= 4 is 11.5 Å². The number of morpholine rings is 1. The van der Waals surface area contributed by atoms with Gasteiger partial charge in [0.05, 0.1) is 18.8 Å². The van der Waals surface area contributed by atoms with Gasteiger partial charge in [0.2, 0.25) is 0 Å². The van der Waals surface area contributed by atoms with Gasteiger partial charge in [-0.1, -0.05) is 57.2 Å². The fraction of sp³-hybridized carbons (Fsp3) is 0.552. The third kappa shape index (κ3) is 6.07. The van der Waals surface area contributed by atoms with Gasteiger partial charge >= 0.3 is 0 Å². The maximum atomic E-state index is 14.2. The maximum Gasteiger partial charge on any atom is 0.185 e. The lowest BCUT2D eigenvalue weighted by molar-refractivity contribution is 0.0666. The summed E-state index contributed by atoms with van der Waals surface area (Å²) in [6, 6.07) is 17.0. The number of benzene rings is 2. The molecule has 2 aromatic rings. The highest BCUT2D eigenvalue weighted by Crippen LogP contribution is 2.32. The minimum atomic E-state index is -0.592. The number of likely N-dealkylation sites (N-methyl/N-ethyl adjacent to an activating group) is 2. The van der Waals surface area contributed by atoms with Crippen LogP contribution in [-0.4, -0.2) is 81.2 Å². The van der Waals surface area contributed by atoms with E-state index in [0.717, 1.165) is 56.8 Å². The van der Waals surface area contributed by atoms with Crippen LogP contribution in [0.15, 0.2) is 48.5 Å². The number of rotatable bonds is 12. The van der Waals surface area contributed by atoms with Crippen molar-refractivity contribution in [2.75, 3.05) is 64.9 Å².